The van der Waals surface area contributed by atoms with Crippen molar-refractivity contribution >= 4 is 17.6 Å². The molecule has 0 N–H and O–H groups in total. The number of esters is 1. The molecule has 4 rings (SSSR count). The lowest BCUT2D eigenvalue weighted by molar-refractivity contribution is -0.148. The number of hydrogen-bond acceptors (Lipinski definition) is 7. The third kappa shape index (κ3) is 10.7. The second kappa shape index (κ2) is 17.1. The molecule has 2 aromatic rings. The Kier molecular flexibility index (Phi) is 13.4. The number of benzene rings is 2. The molecule has 11 heteroatoms. The van der Waals surface area contributed by atoms with E-state index in [0.29, 0.717) is 45.4 Å². The number of carbonyl (C=O) groups is 2. The van der Waals surface area contributed by atoms with Gasteiger partial charge in [-0.15, -0.1) is 0 Å². The van der Waals surface area contributed by atoms with Crippen molar-refractivity contribution in [3.8, 4) is 5.75 Å². The van der Waals surface area contributed by atoms with E-state index in [2.05, 4.69) is 0 Å². The van der Waals surface area contributed by atoms with E-state index in [4.69, 9.17) is 18.9 Å². The van der Waals surface area contributed by atoms with Crippen LogP contribution in [0.1, 0.15) is 96.9 Å². The van der Waals surface area contributed by atoms with Crippen molar-refractivity contribution in [3.05, 3.63) is 70.3 Å². The number of carbonyl (C=O) groups excluding carboxylic acids is 2. The molecule has 0 aromatic heterocycles. The number of halogens is 3. The lowest BCUT2D eigenvalue weighted by atomic mass is 9.84. The lowest BCUT2D eigenvalue weighted by Crippen LogP contribution is -2.47. The number of alkyl halides is 1. The van der Waals surface area contributed by atoms with Crippen LogP contribution in [0.2, 0.25) is 0 Å². The normalized spacial score (nSPS) is 17.7. The summed E-state index contributed by atoms with van der Waals surface area (Å²) in [5, 5.41) is 0. The fourth-order valence-electron chi connectivity index (χ4n) is 6.69. The lowest BCUT2D eigenvalue weighted by Gasteiger charge is -2.44. The Hall–Kier alpha value is -3.57. The Morgan fingerprint density at radius 1 is 0.980 bits per heavy atom. The van der Waals surface area contributed by atoms with Crippen molar-refractivity contribution in [2.75, 3.05) is 46.1 Å². The summed E-state index contributed by atoms with van der Waals surface area (Å²) in [5.74, 6) is -1.94. The smallest absolute Gasteiger partial charge is 0.410 e. The van der Waals surface area contributed by atoms with Gasteiger partial charge in [-0.25, -0.2) is 22.8 Å². The van der Waals surface area contributed by atoms with Crippen molar-refractivity contribution in [2.24, 2.45) is 0 Å². The molecule has 0 bridgehead atoms. The van der Waals surface area contributed by atoms with Gasteiger partial charge in [-0.2, -0.15) is 0 Å². The van der Waals surface area contributed by atoms with Gasteiger partial charge in [-0.3, -0.25) is 4.90 Å². The Labute approximate surface area is 294 Å². The maximum atomic E-state index is 16.1. The van der Waals surface area contributed by atoms with E-state index in [9.17, 15) is 9.59 Å². The summed E-state index contributed by atoms with van der Waals surface area (Å²) in [6.07, 6.45) is 2.77. The molecule has 2 atom stereocenters. The minimum absolute atomic E-state index is 0.00298. The standard InChI is InChI=1S/C39H53F3N2O6/c1-8-48-34(45)24-47-18-13-9-12-16-43(37(46)50-38(3,4)5)17-19-49-28-22-32(40)35(33(41)23-28)36-31-21-27-14-10-11-15-29(27)30(31)20-26(2)44(36)25-39(6,7)42/h10-11,14-15,22-23,26,36H,8-9,12-13,16-21,24-25H2,1-7H3/t26-,36+/m1/s1. The predicted octanol–water partition coefficient (Wildman–Crippen LogP) is 8.22. The summed E-state index contributed by atoms with van der Waals surface area (Å²) in [7, 11) is 0. The van der Waals surface area contributed by atoms with Crippen LogP contribution < -0.4 is 4.74 Å². The molecule has 1 amide bonds. The van der Waals surface area contributed by atoms with E-state index in [0.717, 1.165) is 28.7 Å². The molecule has 2 aliphatic rings. The van der Waals surface area contributed by atoms with Crippen LogP contribution in [0, 0.1) is 11.6 Å². The first kappa shape index (κ1) is 39.2. The molecule has 0 saturated carbocycles. The predicted molar refractivity (Wildman–Crippen MR) is 187 cm³/mol. The minimum atomic E-state index is -1.58. The van der Waals surface area contributed by atoms with E-state index >= 15 is 13.2 Å². The molecular weight excluding hydrogens is 649 g/mol. The van der Waals surface area contributed by atoms with Crippen LogP contribution in [0.15, 0.2) is 42.0 Å². The van der Waals surface area contributed by atoms with E-state index < -0.39 is 41.0 Å². The average Bonchev–Trinajstić information content (AvgIpc) is 3.37. The summed E-state index contributed by atoms with van der Waals surface area (Å²) in [6, 6.07) is 9.43. The fourth-order valence-corrected chi connectivity index (χ4v) is 6.69. The zero-order chi connectivity index (χ0) is 36.6. The van der Waals surface area contributed by atoms with Gasteiger partial charge in [0.25, 0.3) is 0 Å². The highest BCUT2D eigenvalue weighted by molar-refractivity contribution is 5.79. The Morgan fingerprint density at radius 3 is 2.34 bits per heavy atom. The van der Waals surface area contributed by atoms with Gasteiger partial charge in [0, 0.05) is 43.4 Å². The molecule has 1 heterocycles. The van der Waals surface area contributed by atoms with Gasteiger partial charge in [-0.05, 0) is 103 Å². The Morgan fingerprint density at radius 2 is 1.68 bits per heavy atom. The molecule has 0 radical (unpaired) electrons. The molecule has 0 spiro atoms. The molecule has 276 valence electrons. The van der Waals surface area contributed by atoms with Crippen molar-refractivity contribution in [1.82, 2.24) is 9.80 Å². The Bertz CT molecular complexity index is 1490. The second-order valence-corrected chi connectivity index (χ2v) is 14.7. The van der Waals surface area contributed by atoms with Crippen molar-refractivity contribution in [2.45, 2.75) is 104 Å². The summed E-state index contributed by atoms with van der Waals surface area (Å²) < 4.78 is 68.9. The first-order valence-electron chi connectivity index (χ1n) is 17.7. The van der Waals surface area contributed by atoms with Crippen LogP contribution in [0.4, 0.5) is 18.0 Å². The number of hydrogen-bond donors (Lipinski definition) is 0. The largest absolute Gasteiger partial charge is 0.492 e. The maximum absolute atomic E-state index is 16.1. The third-order valence-corrected chi connectivity index (χ3v) is 8.75. The number of ether oxygens (including phenoxy) is 4. The van der Waals surface area contributed by atoms with Crippen LogP contribution in [0.3, 0.4) is 0 Å². The maximum Gasteiger partial charge on any atom is 0.410 e. The van der Waals surface area contributed by atoms with Crippen molar-refractivity contribution in [1.29, 1.82) is 0 Å². The van der Waals surface area contributed by atoms with Gasteiger partial charge >= 0.3 is 12.1 Å². The zero-order valence-corrected chi connectivity index (χ0v) is 30.6. The van der Waals surface area contributed by atoms with E-state index in [1.165, 1.54) is 30.9 Å². The highest BCUT2D eigenvalue weighted by Crippen LogP contribution is 2.50. The average molecular weight is 703 g/mol. The number of nitrogens with zero attached hydrogens (tertiary/aromatic N) is 2. The number of rotatable bonds is 16. The molecule has 50 heavy (non-hydrogen) atoms. The fraction of sp³-hybridized carbons (Fsp3) is 0.590. The van der Waals surface area contributed by atoms with Gasteiger partial charge in [0.2, 0.25) is 0 Å². The molecule has 0 unspecified atom stereocenters. The zero-order valence-electron chi connectivity index (χ0n) is 30.6. The van der Waals surface area contributed by atoms with E-state index in [1.54, 1.807) is 27.7 Å². The molecule has 1 aliphatic carbocycles. The van der Waals surface area contributed by atoms with Gasteiger partial charge in [0.15, 0.2) is 0 Å². The SMILES string of the molecule is CCOC(=O)COCCCCCN(CCOc1cc(F)c([C@@H]2C3=C(C[C@@H](C)N2CC(C)(C)F)c2ccccc2C3)c(F)c1)C(=O)OC(C)(C)C. The van der Waals surface area contributed by atoms with Crippen LogP contribution >= 0.6 is 0 Å². The summed E-state index contributed by atoms with van der Waals surface area (Å²) in [6.45, 7) is 13.1. The summed E-state index contributed by atoms with van der Waals surface area (Å²) >= 11 is 0. The first-order valence-corrected chi connectivity index (χ1v) is 17.7. The highest BCUT2D eigenvalue weighted by atomic mass is 19.1. The van der Waals surface area contributed by atoms with Crippen LogP contribution in [-0.2, 0) is 25.4 Å². The third-order valence-electron chi connectivity index (χ3n) is 8.75. The monoisotopic (exact) mass is 702 g/mol. The van der Waals surface area contributed by atoms with E-state index in [1.807, 2.05) is 36.1 Å². The molecule has 0 saturated heterocycles. The van der Waals surface area contributed by atoms with Crippen molar-refractivity contribution in [3.63, 3.8) is 0 Å². The van der Waals surface area contributed by atoms with Crippen molar-refractivity contribution < 1.29 is 41.7 Å². The van der Waals surface area contributed by atoms with Crippen LogP contribution in [0.5, 0.6) is 5.75 Å². The van der Waals surface area contributed by atoms with Gasteiger partial charge < -0.3 is 23.8 Å². The number of unbranched alkanes of at least 4 members (excludes halogenated alkanes) is 2. The summed E-state index contributed by atoms with van der Waals surface area (Å²) in [5.41, 5.74) is 1.77. The summed E-state index contributed by atoms with van der Waals surface area (Å²) in [4.78, 5) is 27.8. The van der Waals surface area contributed by atoms with Crippen LogP contribution in [-0.4, -0.2) is 85.2 Å². The van der Waals surface area contributed by atoms with E-state index in [-0.39, 0.29) is 43.7 Å². The molecule has 0 fully saturated rings. The second-order valence-electron chi connectivity index (χ2n) is 14.7. The topological polar surface area (TPSA) is 77.5 Å². The Balaban J connectivity index is 1.45. The minimum Gasteiger partial charge on any atom is -0.492 e. The number of amides is 1. The van der Waals surface area contributed by atoms with Gasteiger partial charge in [-0.1, -0.05) is 24.3 Å². The number of fused-ring (bicyclic) bond motifs is 2. The van der Waals surface area contributed by atoms with Crippen LogP contribution in [0.25, 0.3) is 5.57 Å². The molecule has 1 aliphatic heterocycles. The molecular formula is C39H53F3N2O6. The molecule has 2 aromatic carbocycles. The quantitative estimate of drug-likeness (QED) is 0.129. The van der Waals surface area contributed by atoms with Gasteiger partial charge in [0.1, 0.15) is 41.9 Å². The first-order chi connectivity index (χ1) is 23.6. The highest BCUT2D eigenvalue weighted by Gasteiger charge is 2.43. The van der Waals surface area contributed by atoms with Gasteiger partial charge in [0.05, 0.1) is 19.2 Å². The molecule has 8 nitrogen and oxygen atoms in total.